The lowest BCUT2D eigenvalue weighted by atomic mass is 9.97. The van der Waals surface area contributed by atoms with Gasteiger partial charge in [-0.15, -0.1) is 0 Å². The lowest BCUT2D eigenvalue weighted by Crippen LogP contribution is -2.21. The Labute approximate surface area is 227 Å². The molecule has 1 atom stereocenters. The van der Waals surface area contributed by atoms with E-state index in [9.17, 15) is 15.6 Å². The Bertz CT molecular complexity index is 1530. The number of thioether (sulfide) groups is 1. The van der Waals surface area contributed by atoms with Crippen molar-refractivity contribution in [3.63, 3.8) is 0 Å². The van der Waals surface area contributed by atoms with E-state index in [-0.39, 0.29) is 35.2 Å². The molecule has 0 radical (unpaired) electrons. The maximum Gasteiger partial charge on any atom is 0.229 e. The second-order valence-corrected chi connectivity index (χ2v) is 9.35. The van der Waals surface area contributed by atoms with Gasteiger partial charge in [0.2, 0.25) is 11.8 Å². The molecule has 10 nitrogen and oxygen atoms in total. The average molecular weight is 549 g/mol. The number of anilines is 2. The number of hydrogen-bond donors (Lipinski definition) is 4. The molecule has 0 saturated heterocycles. The Hall–Kier alpha value is -4.26. The number of pyridine rings is 1. The fourth-order valence-electron chi connectivity index (χ4n) is 3.47. The Morgan fingerprint density at radius 3 is 2.29 bits per heavy atom. The van der Waals surface area contributed by atoms with Crippen LogP contribution in [0.2, 0.25) is 5.02 Å². The Morgan fingerprint density at radius 2 is 1.66 bits per heavy atom. The number of aromatic nitrogens is 2. The fraction of sp³-hybridized carbons (Fsp3) is 0.154. The van der Waals surface area contributed by atoms with Gasteiger partial charge in [0.25, 0.3) is 0 Å². The minimum absolute atomic E-state index is 0.0228. The van der Waals surface area contributed by atoms with Crippen LogP contribution >= 0.6 is 23.4 Å². The first-order chi connectivity index (χ1) is 18.3. The van der Waals surface area contributed by atoms with Crippen molar-refractivity contribution >= 4 is 35.1 Å². The molecule has 0 aliphatic carbocycles. The summed E-state index contributed by atoms with van der Waals surface area (Å²) >= 11 is 7.13. The van der Waals surface area contributed by atoms with Crippen molar-refractivity contribution in [3.05, 3.63) is 70.4 Å². The number of hydrogen-bond acceptors (Lipinski definition) is 11. The van der Waals surface area contributed by atoms with Crippen LogP contribution in [0.3, 0.4) is 0 Å². The van der Waals surface area contributed by atoms with Gasteiger partial charge in [-0.2, -0.15) is 10.5 Å². The molecule has 0 aliphatic heterocycles. The number of nitriles is 2. The molecule has 0 fully saturated rings. The summed E-state index contributed by atoms with van der Waals surface area (Å²) in [6.07, 6.45) is -1.01. The van der Waals surface area contributed by atoms with E-state index in [4.69, 9.17) is 37.3 Å². The van der Waals surface area contributed by atoms with Gasteiger partial charge in [-0.3, -0.25) is 0 Å². The lowest BCUT2D eigenvalue weighted by molar-refractivity contribution is 0.0536. The highest BCUT2D eigenvalue weighted by molar-refractivity contribution is 7.98. The van der Waals surface area contributed by atoms with Crippen LogP contribution in [-0.2, 0) is 5.75 Å². The van der Waals surface area contributed by atoms with Crippen molar-refractivity contribution in [1.82, 2.24) is 9.97 Å². The molecule has 12 heteroatoms. The van der Waals surface area contributed by atoms with Crippen molar-refractivity contribution in [3.8, 4) is 40.5 Å². The predicted molar refractivity (Wildman–Crippen MR) is 143 cm³/mol. The second-order valence-electron chi connectivity index (χ2n) is 7.95. The van der Waals surface area contributed by atoms with Gasteiger partial charge >= 0.3 is 0 Å². The Kier molecular flexibility index (Phi) is 8.36. The third kappa shape index (κ3) is 5.83. The number of nitrogens with two attached hydrogens (primary N) is 2. The van der Waals surface area contributed by atoms with E-state index in [1.54, 1.807) is 48.5 Å². The predicted octanol–water partition coefficient (Wildman–Crippen LogP) is 3.99. The number of rotatable bonds is 9. The molecule has 2 heterocycles. The van der Waals surface area contributed by atoms with E-state index < -0.39 is 12.7 Å². The van der Waals surface area contributed by atoms with Gasteiger partial charge in [0.1, 0.15) is 52.7 Å². The molecular weight excluding hydrogens is 528 g/mol. The highest BCUT2D eigenvalue weighted by atomic mass is 35.5. The number of halogens is 1. The summed E-state index contributed by atoms with van der Waals surface area (Å²) in [5, 5.41) is 39.1. The first kappa shape index (κ1) is 26.8. The second kappa shape index (κ2) is 11.9. The van der Waals surface area contributed by atoms with Gasteiger partial charge < -0.3 is 30.8 Å². The van der Waals surface area contributed by atoms with Gasteiger partial charge in [-0.1, -0.05) is 35.5 Å². The molecule has 2 aromatic carbocycles. The Morgan fingerprint density at radius 1 is 1.00 bits per heavy atom. The highest BCUT2D eigenvalue weighted by Crippen LogP contribution is 2.38. The van der Waals surface area contributed by atoms with Crippen molar-refractivity contribution in [1.29, 1.82) is 10.5 Å². The number of nitrogens with zero attached hydrogens (tertiary/aromatic N) is 4. The van der Waals surface area contributed by atoms with Crippen LogP contribution in [0.25, 0.3) is 22.6 Å². The van der Waals surface area contributed by atoms with Gasteiger partial charge in [-0.05, 0) is 42.0 Å². The lowest BCUT2D eigenvalue weighted by Gasteiger charge is -2.14. The van der Waals surface area contributed by atoms with Crippen LogP contribution in [0.4, 0.5) is 11.7 Å². The molecule has 0 aliphatic rings. The molecule has 1 unspecified atom stereocenters. The molecule has 0 bridgehead atoms. The topological polar surface area (TPSA) is 188 Å². The summed E-state index contributed by atoms with van der Waals surface area (Å²) in [7, 11) is 0. The Balaban J connectivity index is 1.63. The SMILES string of the molecule is N#Cc1c(N)nc(SCc2nc(-c3ccc(Cl)cc3)oc2N)c(C#N)c1-c1ccc(OCC(O)CO)cc1. The number of ether oxygens (including phenoxy) is 1. The van der Waals surface area contributed by atoms with Crippen LogP contribution in [-0.4, -0.2) is 39.5 Å². The summed E-state index contributed by atoms with van der Waals surface area (Å²) in [6.45, 7) is -0.509. The quantitative estimate of drug-likeness (QED) is 0.221. The average Bonchev–Trinajstić information content (AvgIpc) is 3.30. The van der Waals surface area contributed by atoms with Crippen molar-refractivity contribution in [2.45, 2.75) is 16.9 Å². The molecule has 38 heavy (non-hydrogen) atoms. The maximum atomic E-state index is 10.0. The maximum absolute atomic E-state index is 10.0. The fourth-order valence-corrected chi connectivity index (χ4v) is 4.53. The molecular formula is C26H21ClN6O4S. The van der Waals surface area contributed by atoms with Crippen molar-refractivity contribution in [2.75, 3.05) is 24.7 Å². The molecule has 0 amide bonds. The minimum atomic E-state index is -1.01. The number of benzene rings is 2. The molecule has 0 saturated carbocycles. The molecule has 192 valence electrons. The summed E-state index contributed by atoms with van der Waals surface area (Å²) in [4.78, 5) is 8.77. The third-order valence-corrected chi connectivity index (χ3v) is 6.61. The highest BCUT2D eigenvalue weighted by Gasteiger charge is 2.22. The van der Waals surface area contributed by atoms with Crippen LogP contribution in [0.5, 0.6) is 5.75 Å². The molecule has 0 spiro atoms. The molecule has 4 rings (SSSR count). The van der Waals surface area contributed by atoms with E-state index in [1.165, 1.54) is 11.8 Å². The first-order valence-corrected chi connectivity index (χ1v) is 12.5. The standard InChI is InChI=1S/C26H21ClN6O4S/c27-16-5-1-15(2-6-16)25-32-21(24(31)37-25)13-38-26-20(10-29)22(19(9-28)23(30)33-26)14-3-7-18(8-4-14)36-12-17(35)11-34/h1-8,17,34-35H,11-13,31H2,(H2,30,33). The largest absolute Gasteiger partial charge is 0.491 e. The van der Waals surface area contributed by atoms with E-state index in [0.29, 0.717) is 44.1 Å². The number of nitrogen functional groups attached to an aromatic ring is 2. The van der Waals surface area contributed by atoms with Crippen LogP contribution in [0.1, 0.15) is 16.8 Å². The summed E-state index contributed by atoms with van der Waals surface area (Å²) < 4.78 is 11.0. The zero-order valence-corrected chi connectivity index (χ0v) is 21.3. The van der Waals surface area contributed by atoms with Gasteiger partial charge in [0, 0.05) is 21.9 Å². The monoisotopic (exact) mass is 548 g/mol. The van der Waals surface area contributed by atoms with Crippen molar-refractivity contribution in [2.24, 2.45) is 0 Å². The zero-order valence-electron chi connectivity index (χ0n) is 19.8. The van der Waals surface area contributed by atoms with Crippen LogP contribution in [0.15, 0.2) is 58.0 Å². The molecule has 2 aromatic heterocycles. The number of oxazole rings is 1. The number of aliphatic hydroxyl groups is 2. The molecule has 4 aromatic rings. The van der Waals surface area contributed by atoms with Gasteiger partial charge in [0.15, 0.2) is 0 Å². The van der Waals surface area contributed by atoms with Gasteiger partial charge in [0.05, 0.1) is 12.2 Å². The third-order valence-electron chi connectivity index (χ3n) is 5.38. The zero-order chi connectivity index (χ0) is 27.2. The minimum Gasteiger partial charge on any atom is -0.491 e. The van der Waals surface area contributed by atoms with Crippen LogP contribution in [0, 0.1) is 22.7 Å². The normalized spacial score (nSPS) is 11.5. The summed E-state index contributed by atoms with van der Waals surface area (Å²) in [6, 6.07) is 17.7. The van der Waals surface area contributed by atoms with E-state index in [1.807, 2.05) is 6.07 Å². The van der Waals surface area contributed by atoms with E-state index in [0.717, 1.165) is 0 Å². The van der Waals surface area contributed by atoms with Gasteiger partial charge in [-0.25, -0.2) is 9.97 Å². The van der Waals surface area contributed by atoms with Crippen LogP contribution < -0.4 is 16.2 Å². The van der Waals surface area contributed by atoms with E-state index >= 15 is 0 Å². The number of aliphatic hydroxyl groups excluding tert-OH is 2. The smallest absolute Gasteiger partial charge is 0.229 e. The van der Waals surface area contributed by atoms with Crippen molar-refractivity contribution < 1.29 is 19.4 Å². The van der Waals surface area contributed by atoms with E-state index in [2.05, 4.69) is 16.0 Å². The summed E-state index contributed by atoms with van der Waals surface area (Å²) in [5.41, 5.74) is 14.4. The summed E-state index contributed by atoms with van der Waals surface area (Å²) in [5.74, 6) is 1.11. The molecule has 6 N–H and O–H groups in total. The first-order valence-electron chi connectivity index (χ1n) is 11.1.